The van der Waals surface area contributed by atoms with Gasteiger partial charge >= 0.3 is 0 Å². The maximum absolute atomic E-state index is 8.36. The maximum atomic E-state index is 8.36. The molecule has 0 unspecified atom stereocenters. The van der Waals surface area contributed by atoms with E-state index in [0.29, 0.717) is 39.6 Å². The Labute approximate surface area is 169 Å². The van der Waals surface area contributed by atoms with E-state index in [1.165, 1.54) is 0 Å². The lowest BCUT2D eigenvalue weighted by atomic mass is 10.2. The van der Waals surface area contributed by atoms with Crippen molar-refractivity contribution in [3.05, 3.63) is 36.4 Å². The van der Waals surface area contributed by atoms with Crippen LogP contribution in [0.15, 0.2) is 30.8 Å². The number of methoxy groups -OCH3 is 1. The standard InChI is InChI=1S/C9H10O.C8H18O5.C4H10O/c1-3-8-6-4-5-7-9(8)10-2;9-1-3-11-5-7-13-8-6-12-4-2-10;1-3-5-4-2/h3-7H,1H2,2H3;9-10H,1-8H2;3-4H2,1-2H3. The average Bonchev–Trinajstić information content (AvgIpc) is 2.74. The second-order valence-corrected chi connectivity index (χ2v) is 5.01. The van der Waals surface area contributed by atoms with Crippen molar-refractivity contribution in [2.45, 2.75) is 13.8 Å². The van der Waals surface area contributed by atoms with Crippen LogP contribution in [-0.2, 0) is 18.9 Å². The fraction of sp³-hybridized carbons (Fsp3) is 0.619. The first-order valence-corrected chi connectivity index (χ1v) is 9.49. The predicted octanol–water partition coefficient (Wildman–Crippen LogP) is 2.40. The highest BCUT2D eigenvalue weighted by atomic mass is 16.5. The number of hydrogen-bond donors (Lipinski definition) is 2. The van der Waals surface area contributed by atoms with Crippen molar-refractivity contribution in [3.63, 3.8) is 0 Å². The van der Waals surface area contributed by atoms with Gasteiger partial charge in [0.1, 0.15) is 5.75 Å². The lowest BCUT2D eigenvalue weighted by molar-refractivity contribution is 0.00230. The minimum absolute atomic E-state index is 0.0413. The molecule has 0 bridgehead atoms. The van der Waals surface area contributed by atoms with E-state index in [9.17, 15) is 0 Å². The molecule has 0 heterocycles. The molecular weight excluding hydrogens is 364 g/mol. The molecule has 0 amide bonds. The molecule has 7 heteroatoms. The third-order valence-corrected chi connectivity index (χ3v) is 2.98. The van der Waals surface area contributed by atoms with Crippen molar-refractivity contribution in [2.24, 2.45) is 0 Å². The fourth-order valence-electron chi connectivity index (χ4n) is 1.71. The molecule has 0 aromatic heterocycles. The lowest BCUT2D eigenvalue weighted by Crippen LogP contribution is -2.11. The summed E-state index contributed by atoms with van der Waals surface area (Å²) in [5.41, 5.74) is 1.03. The van der Waals surface area contributed by atoms with Crippen LogP contribution in [0.25, 0.3) is 6.08 Å². The van der Waals surface area contributed by atoms with Gasteiger partial charge < -0.3 is 33.9 Å². The van der Waals surface area contributed by atoms with Crippen molar-refractivity contribution in [1.29, 1.82) is 0 Å². The Bertz CT molecular complexity index is 415. The minimum Gasteiger partial charge on any atom is -0.496 e. The van der Waals surface area contributed by atoms with E-state index in [1.807, 2.05) is 38.1 Å². The van der Waals surface area contributed by atoms with Crippen molar-refractivity contribution in [1.82, 2.24) is 0 Å². The molecular formula is C21H38O7. The smallest absolute Gasteiger partial charge is 0.126 e. The quantitative estimate of drug-likeness (QED) is 0.462. The third kappa shape index (κ3) is 20.8. The first kappa shape index (κ1) is 28.7. The maximum Gasteiger partial charge on any atom is 0.126 e. The Morgan fingerprint density at radius 3 is 1.57 bits per heavy atom. The Morgan fingerprint density at radius 2 is 1.25 bits per heavy atom. The van der Waals surface area contributed by atoms with Crippen molar-refractivity contribution >= 4 is 6.08 Å². The molecule has 0 saturated heterocycles. The monoisotopic (exact) mass is 402 g/mol. The number of ether oxygens (including phenoxy) is 5. The summed E-state index contributed by atoms with van der Waals surface area (Å²) in [6.07, 6.45) is 1.78. The molecule has 1 aromatic rings. The Hall–Kier alpha value is -1.48. The highest BCUT2D eigenvalue weighted by Crippen LogP contribution is 2.17. The van der Waals surface area contributed by atoms with Gasteiger partial charge in [-0.15, -0.1) is 0 Å². The van der Waals surface area contributed by atoms with Crippen LogP contribution in [0, 0.1) is 0 Å². The highest BCUT2D eigenvalue weighted by Gasteiger charge is 1.93. The number of benzene rings is 1. The topological polar surface area (TPSA) is 86.6 Å². The van der Waals surface area contributed by atoms with Gasteiger partial charge in [0.05, 0.1) is 60.0 Å². The lowest BCUT2D eigenvalue weighted by Gasteiger charge is -2.04. The molecule has 0 fully saturated rings. The molecule has 0 atom stereocenters. The van der Waals surface area contributed by atoms with E-state index in [4.69, 9.17) is 33.9 Å². The first-order valence-electron chi connectivity index (χ1n) is 9.49. The highest BCUT2D eigenvalue weighted by molar-refractivity contribution is 5.55. The van der Waals surface area contributed by atoms with Gasteiger partial charge in [0, 0.05) is 18.8 Å². The first-order chi connectivity index (χ1) is 13.7. The largest absolute Gasteiger partial charge is 0.496 e. The van der Waals surface area contributed by atoms with Crippen molar-refractivity contribution in [3.8, 4) is 5.75 Å². The van der Waals surface area contributed by atoms with Gasteiger partial charge in [-0.25, -0.2) is 0 Å². The van der Waals surface area contributed by atoms with Gasteiger partial charge in [0.25, 0.3) is 0 Å². The zero-order valence-electron chi connectivity index (χ0n) is 17.6. The van der Waals surface area contributed by atoms with Crippen LogP contribution in [0.2, 0.25) is 0 Å². The van der Waals surface area contributed by atoms with Crippen LogP contribution in [0.3, 0.4) is 0 Å². The summed E-state index contributed by atoms with van der Waals surface area (Å²) >= 11 is 0. The second kappa shape index (κ2) is 25.5. The summed E-state index contributed by atoms with van der Waals surface area (Å²) < 4.78 is 24.9. The predicted molar refractivity (Wildman–Crippen MR) is 112 cm³/mol. The van der Waals surface area contributed by atoms with Gasteiger partial charge in [-0.3, -0.25) is 0 Å². The average molecular weight is 403 g/mol. The SMILES string of the molecule is C=Cc1ccccc1OC.CCOCC.OCCOCCOCCOCCO. The van der Waals surface area contributed by atoms with Crippen LogP contribution in [0.1, 0.15) is 19.4 Å². The zero-order chi connectivity index (χ0) is 21.3. The number of aliphatic hydroxyl groups excluding tert-OH is 2. The van der Waals surface area contributed by atoms with E-state index in [-0.39, 0.29) is 13.2 Å². The van der Waals surface area contributed by atoms with Crippen molar-refractivity contribution in [2.75, 3.05) is 73.2 Å². The van der Waals surface area contributed by atoms with Gasteiger partial charge in [-0.05, 0) is 19.9 Å². The van der Waals surface area contributed by atoms with E-state index >= 15 is 0 Å². The van der Waals surface area contributed by atoms with E-state index in [0.717, 1.165) is 24.5 Å². The van der Waals surface area contributed by atoms with E-state index in [2.05, 4.69) is 6.58 Å². The number of hydrogen-bond acceptors (Lipinski definition) is 7. The van der Waals surface area contributed by atoms with Gasteiger partial charge in [-0.2, -0.15) is 0 Å². The van der Waals surface area contributed by atoms with Crippen LogP contribution in [0.4, 0.5) is 0 Å². The molecule has 164 valence electrons. The van der Waals surface area contributed by atoms with Gasteiger partial charge in [-0.1, -0.05) is 30.9 Å². The van der Waals surface area contributed by atoms with E-state index < -0.39 is 0 Å². The third-order valence-electron chi connectivity index (χ3n) is 2.98. The molecule has 0 aliphatic carbocycles. The molecule has 1 aromatic carbocycles. The molecule has 0 radical (unpaired) electrons. The molecule has 0 aliphatic heterocycles. The zero-order valence-corrected chi connectivity index (χ0v) is 17.6. The number of para-hydroxylation sites is 1. The van der Waals surface area contributed by atoms with Gasteiger partial charge in [0.15, 0.2) is 0 Å². The fourth-order valence-corrected chi connectivity index (χ4v) is 1.71. The Morgan fingerprint density at radius 1 is 0.786 bits per heavy atom. The summed E-state index contributed by atoms with van der Waals surface area (Å²) in [6, 6.07) is 7.77. The van der Waals surface area contributed by atoms with Crippen LogP contribution in [-0.4, -0.2) is 83.4 Å². The van der Waals surface area contributed by atoms with Crippen LogP contribution >= 0.6 is 0 Å². The van der Waals surface area contributed by atoms with Crippen molar-refractivity contribution < 1.29 is 33.9 Å². The molecule has 1 rings (SSSR count). The molecule has 0 aliphatic rings. The van der Waals surface area contributed by atoms with Gasteiger partial charge in [0.2, 0.25) is 0 Å². The Kier molecular flexibility index (Phi) is 26.2. The number of rotatable bonds is 14. The Balaban J connectivity index is 0. The summed E-state index contributed by atoms with van der Waals surface area (Å²) in [7, 11) is 1.66. The summed E-state index contributed by atoms with van der Waals surface area (Å²) in [4.78, 5) is 0. The molecule has 28 heavy (non-hydrogen) atoms. The second-order valence-electron chi connectivity index (χ2n) is 5.01. The van der Waals surface area contributed by atoms with E-state index in [1.54, 1.807) is 13.2 Å². The summed E-state index contributed by atoms with van der Waals surface area (Å²) in [5, 5.41) is 16.7. The minimum atomic E-state index is 0.0413. The number of aliphatic hydroxyl groups is 2. The molecule has 7 nitrogen and oxygen atoms in total. The molecule has 0 saturated carbocycles. The summed E-state index contributed by atoms with van der Waals surface area (Å²) in [5.74, 6) is 0.873. The van der Waals surface area contributed by atoms with Crippen LogP contribution in [0.5, 0.6) is 5.75 Å². The summed E-state index contributed by atoms with van der Waals surface area (Å²) in [6.45, 7) is 12.1. The van der Waals surface area contributed by atoms with Crippen LogP contribution < -0.4 is 4.74 Å². The molecule has 2 N–H and O–H groups in total. The molecule has 0 spiro atoms. The normalized spacial score (nSPS) is 9.61.